The molecule has 1 aromatic heterocycles. The molecule has 2 rings (SSSR count). The summed E-state index contributed by atoms with van der Waals surface area (Å²) in [6.45, 7) is 4.80. The van der Waals surface area contributed by atoms with Gasteiger partial charge >= 0.3 is 0 Å². The van der Waals surface area contributed by atoms with Crippen LogP contribution >= 0.6 is 0 Å². The van der Waals surface area contributed by atoms with E-state index in [1.54, 1.807) is 12.4 Å². The van der Waals surface area contributed by atoms with E-state index in [-0.39, 0.29) is 6.10 Å². The standard InChI is InChI=1S/C25H36N2O2/c1-3-4-5-6-7-11-18-29-24-19-26-25(27-20-24)23-16-14-22(15-17-23)13-10-8-9-12-21(2)28/h10,13-17,19-21,28H,3-9,11-12,18H2,1-2H3. The Labute approximate surface area is 176 Å². The second-order valence-corrected chi connectivity index (χ2v) is 7.66. The second kappa shape index (κ2) is 13.9. The van der Waals surface area contributed by atoms with E-state index in [1.807, 2.05) is 19.1 Å². The van der Waals surface area contributed by atoms with Gasteiger partial charge in [0.05, 0.1) is 25.1 Å². The molecule has 1 atom stereocenters. The van der Waals surface area contributed by atoms with E-state index in [0.29, 0.717) is 5.82 Å². The average molecular weight is 397 g/mol. The van der Waals surface area contributed by atoms with Crippen LogP contribution in [0.5, 0.6) is 5.75 Å². The van der Waals surface area contributed by atoms with Gasteiger partial charge in [-0.2, -0.15) is 0 Å². The number of aliphatic hydroxyl groups excluding tert-OH is 1. The van der Waals surface area contributed by atoms with Gasteiger partial charge < -0.3 is 9.84 Å². The van der Waals surface area contributed by atoms with Crippen LogP contribution in [0.4, 0.5) is 0 Å². The van der Waals surface area contributed by atoms with E-state index in [4.69, 9.17) is 4.74 Å². The number of ether oxygens (including phenoxy) is 1. The highest BCUT2D eigenvalue weighted by molar-refractivity contribution is 5.59. The zero-order chi connectivity index (χ0) is 20.7. The van der Waals surface area contributed by atoms with Gasteiger partial charge in [-0.25, -0.2) is 9.97 Å². The summed E-state index contributed by atoms with van der Waals surface area (Å²) in [4.78, 5) is 8.89. The molecule has 0 radical (unpaired) electrons. The molecule has 0 fully saturated rings. The lowest BCUT2D eigenvalue weighted by Crippen LogP contribution is -1.99. The molecule has 1 aromatic carbocycles. The molecule has 4 heteroatoms. The highest BCUT2D eigenvalue weighted by atomic mass is 16.5. The number of allylic oxidation sites excluding steroid dienone is 1. The summed E-state index contributed by atoms with van der Waals surface area (Å²) < 4.78 is 5.75. The second-order valence-electron chi connectivity index (χ2n) is 7.66. The van der Waals surface area contributed by atoms with Crippen molar-refractivity contribution in [3.05, 3.63) is 48.3 Å². The van der Waals surface area contributed by atoms with Gasteiger partial charge in [-0.3, -0.25) is 0 Å². The molecule has 0 spiro atoms. The predicted octanol–water partition coefficient (Wildman–Crippen LogP) is 6.45. The fourth-order valence-electron chi connectivity index (χ4n) is 3.11. The first kappa shape index (κ1) is 23.1. The summed E-state index contributed by atoms with van der Waals surface area (Å²) in [5.41, 5.74) is 2.16. The zero-order valence-electron chi connectivity index (χ0n) is 18.0. The first-order valence-corrected chi connectivity index (χ1v) is 11.1. The molecule has 0 bridgehead atoms. The SMILES string of the molecule is CCCCCCCCOc1cnc(-c2ccc(C=CCCCC(C)O)cc2)nc1. The molecule has 158 valence electrons. The Morgan fingerprint density at radius 2 is 1.66 bits per heavy atom. The minimum Gasteiger partial charge on any atom is -0.490 e. The fraction of sp³-hybridized carbons (Fsp3) is 0.520. The Balaban J connectivity index is 1.74. The Morgan fingerprint density at radius 3 is 2.34 bits per heavy atom. The monoisotopic (exact) mass is 396 g/mol. The Hall–Kier alpha value is -2.20. The Morgan fingerprint density at radius 1 is 0.966 bits per heavy atom. The topological polar surface area (TPSA) is 55.2 Å². The molecular weight excluding hydrogens is 360 g/mol. The van der Waals surface area contributed by atoms with Crippen LogP contribution in [0.25, 0.3) is 17.5 Å². The molecule has 1 heterocycles. The van der Waals surface area contributed by atoms with Gasteiger partial charge in [0.2, 0.25) is 0 Å². The number of benzene rings is 1. The fourth-order valence-corrected chi connectivity index (χ4v) is 3.11. The maximum Gasteiger partial charge on any atom is 0.159 e. The third-order valence-corrected chi connectivity index (χ3v) is 4.87. The third kappa shape index (κ3) is 9.71. The van der Waals surface area contributed by atoms with E-state index >= 15 is 0 Å². The number of hydrogen-bond donors (Lipinski definition) is 1. The highest BCUT2D eigenvalue weighted by Crippen LogP contribution is 2.18. The average Bonchev–Trinajstić information content (AvgIpc) is 2.74. The van der Waals surface area contributed by atoms with Gasteiger partial charge in [0, 0.05) is 5.56 Å². The smallest absolute Gasteiger partial charge is 0.159 e. The van der Waals surface area contributed by atoms with E-state index in [2.05, 4.69) is 41.2 Å². The van der Waals surface area contributed by atoms with Gasteiger partial charge in [-0.15, -0.1) is 0 Å². The molecule has 29 heavy (non-hydrogen) atoms. The van der Waals surface area contributed by atoms with Crippen LogP contribution in [0.3, 0.4) is 0 Å². The molecule has 0 aliphatic rings. The van der Waals surface area contributed by atoms with Crippen molar-refractivity contribution in [3.63, 3.8) is 0 Å². The van der Waals surface area contributed by atoms with Crippen molar-refractivity contribution in [2.75, 3.05) is 6.61 Å². The van der Waals surface area contributed by atoms with Crippen LogP contribution in [0.1, 0.15) is 77.2 Å². The highest BCUT2D eigenvalue weighted by Gasteiger charge is 2.02. The van der Waals surface area contributed by atoms with Gasteiger partial charge in [0.25, 0.3) is 0 Å². The predicted molar refractivity (Wildman–Crippen MR) is 121 cm³/mol. The van der Waals surface area contributed by atoms with Gasteiger partial charge in [0.1, 0.15) is 0 Å². The summed E-state index contributed by atoms with van der Waals surface area (Å²) in [7, 11) is 0. The summed E-state index contributed by atoms with van der Waals surface area (Å²) in [6.07, 6.45) is 17.9. The minimum absolute atomic E-state index is 0.213. The quantitative estimate of drug-likeness (QED) is 0.373. The number of hydrogen-bond acceptors (Lipinski definition) is 4. The van der Waals surface area contributed by atoms with Crippen molar-refractivity contribution >= 4 is 6.08 Å². The molecule has 0 saturated carbocycles. The molecular formula is C25H36N2O2. The number of aromatic nitrogens is 2. The van der Waals surface area contributed by atoms with E-state index in [9.17, 15) is 5.11 Å². The minimum atomic E-state index is -0.213. The maximum atomic E-state index is 9.27. The lowest BCUT2D eigenvalue weighted by Gasteiger charge is -2.06. The van der Waals surface area contributed by atoms with Crippen molar-refractivity contribution in [3.8, 4) is 17.1 Å². The lowest BCUT2D eigenvalue weighted by atomic mass is 10.1. The first-order valence-electron chi connectivity index (χ1n) is 11.1. The van der Waals surface area contributed by atoms with Crippen molar-refractivity contribution in [2.45, 2.75) is 77.7 Å². The molecule has 2 aromatic rings. The summed E-state index contributed by atoms with van der Waals surface area (Å²) in [6, 6.07) is 8.24. The van der Waals surface area contributed by atoms with E-state index < -0.39 is 0 Å². The Bertz CT molecular complexity index is 694. The first-order chi connectivity index (χ1) is 14.2. The zero-order valence-corrected chi connectivity index (χ0v) is 18.0. The number of unbranched alkanes of at least 4 members (excludes halogenated alkanes) is 6. The number of aliphatic hydroxyl groups is 1. The van der Waals surface area contributed by atoms with Gasteiger partial charge in [0.15, 0.2) is 11.6 Å². The largest absolute Gasteiger partial charge is 0.490 e. The van der Waals surface area contributed by atoms with Crippen LogP contribution in [-0.2, 0) is 0 Å². The number of rotatable bonds is 14. The molecule has 0 saturated heterocycles. The molecule has 1 N–H and O–H groups in total. The molecule has 0 aliphatic carbocycles. The normalized spacial score (nSPS) is 12.4. The van der Waals surface area contributed by atoms with Crippen LogP contribution in [0.2, 0.25) is 0 Å². The van der Waals surface area contributed by atoms with E-state index in [0.717, 1.165) is 49.2 Å². The summed E-state index contributed by atoms with van der Waals surface area (Å²) >= 11 is 0. The van der Waals surface area contributed by atoms with Crippen LogP contribution in [0, 0.1) is 0 Å². The lowest BCUT2D eigenvalue weighted by molar-refractivity contribution is 0.182. The maximum absolute atomic E-state index is 9.27. The van der Waals surface area contributed by atoms with Crippen molar-refractivity contribution in [1.29, 1.82) is 0 Å². The van der Waals surface area contributed by atoms with Crippen molar-refractivity contribution in [1.82, 2.24) is 9.97 Å². The summed E-state index contributed by atoms with van der Waals surface area (Å²) in [5.74, 6) is 1.45. The molecule has 4 nitrogen and oxygen atoms in total. The van der Waals surface area contributed by atoms with Gasteiger partial charge in [-0.05, 0) is 38.2 Å². The van der Waals surface area contributed by atoms with Crippen LogP contribution < -0.4 is 4.74 Å². The molecule has 0 amide bonds. The Kier molecular flexibility index (Phi) is 11.1. The van der Waals surface area contributed by atoms with Crippen LogP contribution in [-0.4, -0.2) is 27.8 Å². The van der Waals surface area contributed by atoms with Crippen molar-refractivity contribution in [2.24, 2.45) is 0 Å². The number of nitrogens with zero attached hydrogens (tertiary/aromatic N) is 2. The third-order valence-electron chi connectivity index (χ3n) is 4.87. The summed E-state index contributed by atoms with van der Waals surface area (Å²) in [5, 5.41) is 9.27. The molecule has 0 aliphatic heterocycles. The molecule has 1 unspecified atom stereocenters. The van der Waals surface area contributed by atoms with Crippen LogP contribution in [0.15, 0.2) is 42.7 Å². The van der Waals surface area contributed by atoms with Crippen molar-refractivity contribution < 1.29 is 9.84 Å². The van der Waals surface area contributed by atoms with E-state index in [1.165, 1.54) is 32.1 Å². The van der Waals surface area contributed by atoms with Gasteiger partial charge in [-0.1, -0.05) is 75.4 Å².